The number of hydrogen-bond donors (Lipinski definition) is 19. The van der Waals surface area contributed by atoms with Gasteiger partial charge in [-0.2, -0.15) is 12.6 Å². The Labute approximate surface area is 387 Å². The van der Waals surface area contributed by atoms with Gasteiger partial charge in [-0.25, -0.2) is 4.57 Å². The summed E-state index contributed by atoms with van der Waals surface area (Å²) in [5, 5.41) is 179. The molecular formula is C36H65O29PS. The first kappa shape index (κ1) is 57.4. The quantitative estimate of drug-likeness (QED) is 0.0288. The Kier molecular flexibility index (Phi) is 21.8. The highest BCUT2D eigenvalue weighted by Crippen LogP contribution is 2.49. The van der Waals surface area contributed by atoms with E-state index in [0.29, 0.717) is 18.6 Å². The van der Waals surface area contributed by atoms with Crippen molar-refractivity contribution < 1.29 is 143 Å². The van der Waals surface area contributed by atoms with Crippen LogP contribution in [-0.4, -0.2) is 290 Å². The van der Waals surface area contributed by atoms with Gasteiger partial charge in [0.15, 0.2) is 25.2 Å². The second-order valence-corrected chi connectivity index (χ2v) is 18.6. The number of aliphatic hydroxyl groups excluding tert-OH is 17. The average Bonchev–Trinajstić information content (AvgIpc) is 3.30. The second kappa shape index (κ2) is 25.4. The SMILES string of the molecule is O=P(O)(OCCCCCCS)O[C@@H]1[C@H](O[C@H]2O[C@H](CO)[C@@H](O)[C@H](O)[C@@H]2O)[C@H](O)[C@@H](O)[C@H](O)[C@H]1O[C@H]1O[C@H](CO[C@H]2O[C@H](CO[C@H]3O[C@H](CO)[C@@H](O)[C@H](O)[C@@H]3O)[C@@H](O)[C@H](O)[C@@H]2O)[C@@H](O)[C@H](O)[C@@H]1O. The van der Waals surface area contributed by atoms with Crippen LogP contribution >= 0.6 is 20.5 Å². The van der Waals surface area contributed by atoms with Crippen molar-refractivity contribution in [2.24, 2.45) is 0 Å². The molecule has 1 aliphatic carbocycles. The molecule has 5 fully saturated rings. The Morgan fingerprint density at radius 2 is 0.761 bits per heavy atom. The minimum Gasteiger partial charge on any atom is -0.394 e. The summed E-state index contributed by atoms with van der Waals surface area (Å²) in [5.41, 5.74) is 0. The highest BCUT2D eigenvalue weighted by Gasteiger charge is 2.58. The average molecular weight is 1020 g/mol. The third-order valence-electron chi connectivity index (χ3n) is 12.0. The summed E-state index contributed by atoms with van der Waals surface area (Å²) >= 11 is 4.12. The summed E-state index contributed by atoms with van der Waals surface area (Å²) < 4.78 is 68.0. The lowest BCUT2D eigenvalue weighted by Gasteiger charge is -2.49. The highest BCUT2D eigenvalue weighted by atomic mass is 32.1. The van der Waals surface area contributed by atoms with Crippen LogP contribution in [0.5, 0.6) is 0 Å². The third-order valence-corrected chi connectivity index (χ3v) is 13.4. The van der Waals surface area contributed by atoms with Crippen LogP contribution in [-0.2, 0) is 51.5 Å². The number of phosphoric ester groups is 1. The molecule has 0 aromatic heterocycles. The van der Waals surface area contributed by atoms with Gasteiger partial charge in [0.2, 0.25) is 0 Å². The van der Waals surface area contributed by atoms with E-state index in [1.165, 1.54) is 0 Å². The van der Waals surface area contributed by atoms with Crippen molar-refractivity contribution >= 4 is 20.5 Å². The first-order chi connectivity index (χ1) is 31.6. The number of hydrogen-bond acceptors (Lipinski definition) is 29. The van der Waals surface area contributed by atoms with Crippen LogP contribution in [0.2, 0.25) is 0 Å². The largest absolute Gasteiger partial charge is 0.472 e. The molecule has 4 saturated heterocycles. The molecule has 1 saturated carbocycles. The third kappa shape index (κ3) is 13.6. The number of rotatable bonds is 21. The summed E-state index contributed by atoms with van der Waals surface area (Å²) in [5.74, 6) is 0.587. The summed E-state index contributed by atoms with van der Waals surface area (Å²) in [4.78, 5) is 10.8. The minimum absolute atomic E-state index is 0.242. The lowest BCUT2D eigenvalue weighted by molar-refractivity contribution is -0.365. The van der Waals surface area contributed by atoms with E-state index in [1.807, 2.05) is 0 Å². The smallest absolute Gasteiger partial charge is 0.394 e. The van der Waals surface area contributed by atoms with Crippen LogP contribution < -0.4 is 0 Å². The van der Waals surface area contributed by atoms with Crippen molar-refractivity contribution in [1.29, 1.82) is 0 Å². The van der Waals surface area contributed by atoms with E-state index in [4.69, 9.17) is 46.9 Å². The van der Waals surface area contributed by atoms with Gasteiger partial charge in [0.25, 0.3) is 0 Å². The minimum atomic E-state index is -5.31. The van der Waals surface area contributed by atoms with Gasteiger partial charge in [0.05, 0.1) is 33.0 Å². The Bertz CT molecular complexity index is 1530. The summed E-state index contributed by atoms with van der Waals surface area (Å²) in [6, 6.07) is 0. The van der Waals surface area contributed by atoms with Crippen LogP contribution in [0.1, 0.15) is 25.7 Å². The maximum atomic E-state index is 13.4. The van der Waals surface area contributed by atoms with Gasteiger partial charge in [0, 0.05) is 0 Å². The molecule has 1 unspecified atom stereocenters. The molecule has 5 aliphatic rings. The van der Waals surface area contributed by atoms with Crippen molar-refractivity contribution in [2.45, 2.75) is 185 Å². The number of thiol groups is 1. The molecule has 5 rings (SSSR count). The Morgan fingerprint density at radius 3 is 1.18 bits per heavy atom. The van der Waals surface area contributed by atoms with Gasteiger partial charge in [0.1, 0.15) is 134 Å². The molecule has 29 nitrogen and oxygen atoms in total. The van der Waals surface area contributed by atoms with E-state index in [0.717, 1.165) is 6.42 Å². The Balaban J connectivity index is 1.33. The topological polar surface area (TPSA) is 474 Å². The molecule has 31 heteroatoms. The standard InChI is InChI=1S/C36H65O29PS/c37-7-11-15(39)19(43)26(50)33(59-11)56-9-13-17(41)21(45)27(51)34(61-13)57-10-14-18(42)22(46)29(53)36(62-14)64-31-25(49)23(47)24(48)30(63-35-28(52)20(44)16(40)12(8-38)60-35)32(31)65-66(54,55)58-5-3-1-2-4-6-67/h11-53,67H,1-10H2,(H,54,55)/t11-,12-,13-,14-,15-,16-,17-,18-,19+,20+,21+,22+,23-,24-,25+,26+,27+,28+,29+,30-,31-,32-,33+,34+,35-,36-/m1/s1. The van der Waals surface area contributed by atoms with Crippen LogP contribution in [0, 0.1) is 0 Å². The normalized spacial score (nSPS) is 48.5. The Hall–Kier alpha value is -0.540. The van der Waals surface area contributed by atoms with Crippen molar-refractivity contribution in [1.82, 2.24) is 0 Å². The highest BCUT2D eigenvalue weighted by molar-refractivity contribution is 7.80. The molecule has 18 N–H and O–H groups in total. The molecule has 0 spiro atoms. The van der Waals surface area contributed by atoms with Gasteiger partial charge < -0.3 is 130 Å². The lowest BCUT2D eigenvalue weighted by atomic mass is 9.84. The molecule has 0 aromatic carbocycles. The van der Waals surface area contributed by atoms with Crippen LogP contribution in [0.15, 0.2) is 0 Å². The number of ether oxygens (including phenoxy) is 8. The van der Waals surface area contributed by atoms with E-state index in [2.05, 4.69) is 12.6 Å². The molecule has 0 radical (unpaired) electrons. The zero-order chi connectivity index (χ0) is 49.7. The molecule has 0 bridgehead atoms. The van der Waals surface area contributed by atoms with Gasteiger partial charge in [-0.3, -0.25) is 9.05 Å². The number of aliphatic hydroxyl groups is 17. The lowest BCUT2D eigenvalue weighted by Crippen LogP contribution is -2.69. The van der Waals surface area contributed by atoms with Crippen LogP contribution in [0.25, 0.3) is 0 Å². The van der Waals surface area contributed by atoms with Crippen molar-refractivity contribution in [3.63, 3.8) is 0 Å². The molecule has 4 aliphatic heterocycles. The van der Waals surface area contributed by atoms with Crippen molar-refractivity contribution in [3.8, 4) is 0 Å². The fraction of sp³-hybridized carbons (Fsp3) is 1.00. The molecule has 394 valence electrons. The van der Waals surface area contributed by atoms with E-state index in [1.54, 1.807) is 0 Å². The van der Waals surface area contributed by atoms with Gasteiger partial charge in [-0.05, 0) is 18.6 Å². The van der Waals surface area contributed by atoms with Crippen molar-refractivity contribution in [2.75, 3.05) is 38.8 Å². The summed E-state index contributed by atoms with van der Waals surface area (Å²) in [7, 11) is -5.31. The van der Waals surface area contributed by atoms with Gasteiger partial charge >= 0.3 is 7.82 Å². The molecule has 4 heterocycles. The van der Waals surface area contributed by atoms with Crippen LogP contribution in [0.4, 0.5) is 0 Å². The fourth-order valence-corrected chi connectivity index (χ4v) is 9.16. The number of phosphoric acid groups is 1. The van der Waals surface area contributed by atoms with Crippen LogP contribution in [0.3, 0.4) is 0 Å². The first-order valence-electron chi connectivity index (χ1n) is 21.4. The van der Waals surface area contributed by atoms with Gasteiger partial charge in [-0.1, -0.05) is 12.8 Å². The fourth-order valence-electron chi connectivity index (χ4n) is 7.97. The molecular weight excluding hydrogens is 959 g/mol. The van der Waals surface area contributed by atoms with E-state index < -0.39 is 194 Å². The predicted octanol–water partition coefficient (Wildman–Crippen LogP) is -9.91. The predicted molar refractivity (Wildman–Crippen MR) is 214 cm³/mol. The maximum Gasteiger partial charge on any atom is 0.472 e. The van der Waals surface area contributed by atoms with Crippen molar-refractivity contribution in [3.05, 3.63) is 0 Å². The van der Waals surface area contributed by atoms with E-state index in [9.17, 15) is 96.3 Å². The maximum absolute atomic E-state index is 13.4. The molecule has 0 aromatic rings. The summed E-state index contributed by atoms with van der Waals surface area (Å²) in [6.07, 6.45) is -49.9. The zero-order valence-corrected chi connectivity index (χ0v) is 37.3. The number of unbranched alkanes of at least 4 members (excludes halogenated alkanes) is 3. The zero-order valence-electron chi connectivity index (χ0n) is 35.5. The van der Waals surface area contributed by atoms with E-state index >= 15 is 0 Å². The molecule has 0 amide bonds. The second-order valence-electron chi connectivity index (χ2n) is 16.8. The van der Waals surface area contributed by atoms with Gasteiger partial charge in [-0.15, -0.1) is 0 Å². The molecule has 27 atom stereocenters. The van der Waals surface area contributed by atoms with E-state index in [-0.39, 0.29) is 13.0 Å². The first-order valence-corrected chi connectivity index (χ1v) is 23.6. The monoisotopic (exact) mass is 1020 g/mol. The Morgan fingerprint density at radius 1 is 0.418 bits per heavy atom. The summed E-state index contributed by atoms with van der Waals surface area (Å²) in [6.45, 7) is -3.76. The molecule has 67 heavy (non-hydrogen) atoms.